The molecule has 1 saturated carbocycles. The number of hydrogen-bond donors (Lipinski definition) is 3. The molecule has 3 N–H and O–H groups in total. The van der Waals surface area contributed by atoms with Crippen LogP contribution < -0.4 is 25.0 Å². The van der Waals surface area contributed by atoms with Crippen LogP contribution in [0.4, 0.5) is 4.79 Å². The molecule has 0 bridgehead atoms. The summed E-state index contributed by atoms with van der Waals surface area (Å²) in [5, 5.41) is 5.48. The normalized spacial score (nSPS) is 24.6. The van der Waals surface area contributed by atoms with E-state index in [1.165, 1.54) is 16.9 Å². The van der Waals surface area contributed by atoms with Gasteiger partial charge in [-0.2, -0.15) is 0 Å². The largest absolute Gasteiger partial charge is 0.490 e. The maximum Gasteiger partial charge on any atom is 0.321 e. The second-order valence-electron chi connectivity index (χ2n) is 8.39. The fraction of sp³-hybridized carbons (Fsp3) is 0.636. The van der Waals surface area contributed by atoms with E-state index < -0.39 is 0 Å². The molecular weight excluding hydrogens is 370 g/mol. The molecule has 158 valence electrons. The fourth-order valence-electron chi connectivity index (χ4n) is 4.77. The number of imide groups is 1. The van der Waals surface area contributed by atoms with Gasteiger partial charge in [0.1, 0.15) is 6.04 Å². The van der Waals surface area contributed by atoms with Gasteiger partial charge in [-0.25, -0.2) is 4.79 Å². The lowest BCUT2D eigenvalue weighted by molar-refractivity contribution is -0.910. The second-order valence-corrected chi connectivity index (χ2v) is 8.39. The summed E-state index contributed by atoms with van der Waals surface area (Å²) in [5.41, 5.74) is 1.17. The van der Waals surface area contributed by atoms with Crippen LogP contribution in [0.5, 0.6) is 11.5 Å². The summed E-state index contributed by atoms with van der Waals surface area (Å²) in [7, 11) is 0. The van der Waals surface area contributed by atoms with E-state index in [1.807, 2.05) is 6.07 Å². The first kappa shape index (κ1) is 20.0. The van der Waals surface area contributed by atoms with Gasteiger partial charge in [0.2, 0.25) is 0 Å². The monoisotopic (exact) mass is 402 g/mol. The molecule has 7 nitrogen and oxygen atoms in total. The molecule has 2 aliphatic heterocycles. The molecule has 3 aliphatic rings. The van der Waals surface area contributed by atoms with Crippen molar-refractivity contribution >= 4 is 11.9 Å². The van der Waals surface area contributed by atoms with Gasteiger partial charge < -0.3 is 19.7 Å². The highest BCUT2D eigenvalue weighted by Gasteiger charge is 2.33. The minimum atomic E-state index is -0.354. The highest BCUT2D eigenvalue weighted by molar-refractivity contribution is 5.94. The lowest BCUT2D eigenvalue weighted by atomic mass is 9.96. The number of benzene rings is 1. The highest BCUT2D eigenvalue weighted by Crippen LogP contribution is 2.33. The third-order valence-electron chi connectivity index (χ3n) is 6.24. The van der Waals surface area contributed by atoms with E-state index in [4.69, 9.17) is 9.47 Å². The van der Waals surface area contributed by atoms with Crippen molar-refractivity contribution in [2.75, 3.05) is 26.3 Å². The van der Waals surface area contributed by atoms with Crippen LogP contribution in [0.15, 0.2) is 18.2 Å². The quantitative estimate of drug-likeness (QED) is 0.717. The minimum absolute atomic E-state index is 0.199. The van der Waals surface area contributed by atoms with E-state index in [2.05, 4.69) is 22.8 Å². The van der Waals surface area contributed by atoms with Crippen LogP contribution >= 0.6 is 0 Å². The molecule has 2 heterocycles. The van der Waals surface area contributed by atoms with Crippen LogP contribution in [0.2, 0.25) is 0 Å². The van der Waals surface area contributed by atoms with Gasteiger partial charge in [-0.1, -0.05) is 19.3 Å². The molecule has 2 atom stereocenters. The van der Waals surface area contributed by atoms with Gasteiger partial charge in [0.25, 0.3) is 5.91 Å². The summed E-state index contributed by atoms with van der Waals surface area (Å²) in [6.45, 7) is 2.57. The Kier molecular flexibility index (Phi) is 6.54. The Labute approximate surface area is 172 Å². The Morgan fingerprint density at radius 1 is 0.966 bits per heavy atom. The summed E-state index contributed by atoms with van der Waals surface area (Å²) < 4.78 is 11.5. The van der Waals surface area contributed by atoms with Gasteiger partial charge in [0.15, 0.2) is 18.0 Å². The number of urea groups is 1. The zero-order valence-electron chi connectivity index (χ0n) is 17.0. The van der Waals surface area contributed by atoms with Crippen molar-refractivity contribution in [2.45, 2.75) is 63.5 Å². The van der Waals surface area contributed by atoms with E-state index >= 15 is 0 Å². The summed E-state index contributed by atoms with van der Waals surface area (Å²) in [6.07, 6.45) is 8.51. The van der Waals surface area contributed by atoms with Gasteiger partial charge in [0.05, 0.1) is 19.8 Å². The second kappa shape index (κ2) is 9.48. The molecule has 1 aromatic carbocycles. The number of ether oxygens (including phenoxy) is 2. The highest BCUT2D eigenvalue weighted by atomic mass is 16.5. The molecule has 4 rings (SSSR count). The van der Waals surface area contributed by atoms with E-state index in [-0.39, 0.29) is 24.0 Å². The molecule has 0 spiro atoms. The van der Waals surface area contributed by atoms with E-state index in [0.717, 1.165) is 63.0 Å². The fourth-order valence-corrected chi connectivity index (χ4v) is 4.77. The van der Waals surface area contributed by atoms with Crippen molar-refractivity contribution in [2.24, 2.45) is 0 Å². The number of hydrogen-bond acceptors (Lipinski definition) is 4. The smallest absolute Gasteiger partial charge is 0.321 e. The third-order valence-corrected chi connectivity index (χ3v) is 6.24. The molecule has 0 radical (unpaired) electrons. The van der Waals surface area contributed by atoms with Crippen LogP contribution in [0, 0.1) is 0 Å². The van der Waals surface area contributed by atoms with Crippen molar-refractivity contribution in [1.82, 2.24) is 10.6 Å². The topological polar surface area (TPSA) is 81.1 Å². The summed E-state index contributed by atoms with van der Waals surface area (Å²) in [4.78, 5) is 25.8. The Morgan fingerprint density at radius 2 is 1.76 bits per heavy atom. The zero-order valence-corrected chi connectivity index (χ0v) is 17.0. The Bertz CT molecular complexity index is 733. The minimum Gasteiger partial charge on any atom is -0.490 e. The van der Waals surface area contributed by atoms with Crippen LogP contribution in [0.1, 0.15) is 63.0 Å². The van der Waals surface area contributed by atoms with Gasteiger partial charge in [0, 0.05) is 30.9 Å². The molecule has 29 heavy (non-hydrogen) atoms. The lowest BCUT2D eigenvalue weighted by Crippen LogP contribution is -3.11. The number of rotatable bonds is 4. The number of quaternary nitrogens is 1. The molecule has 1 aromatic rings. The summed E-state index contributed by atoms with van der Waals surface area (Å²) in [6, 6.07) is 6.20. The molecular formula is C22H32N3O4+. The molecule has 3 amide bonds. The van der Waals surface area contributed by atoms with Crippen LogP contribution in [-0.4, -0.2) is 44.3 Å². The Balaban J connectivity index is 1.33. The van der Waals surface area contributed by atoms with Crippen molar-refractivity contribution in [3.63, 3.8) is 0 Å². The average molecular weight is 403 g/mol. The maximum atomic E-state index is 12.5. The zero-order chi connectivity index (χ0) is 20.1. The molecule has 1 aliphatic carbocycles. The molecule has 1 unspecified atom stereocenters. The third kappa shape index (κ3) is 5.21. The SMILES string of the molecule is O=C(C[NH+]1CCC[C@@H]1c1ccc2c(c1)OCCCO2)NC(=O)NC1CCCCC1. The van der Waals surface area contributed by atoms with E-state index in [0.29, 0.717) is 19.8 Å². The maximum absolute atomic E-state index is 12.5. The van der Waals surface area contributed by atoms with Gasteiger partial charge in [-0.15, -0.1) is 0 Å². The first-order valence-electron chi connectivity index (χ1n) is 11.0. The first-order chi connectivity index (χ1) is 14.2. The van der Waals surface area contributed by atoms with Crippen LogP contribution in [0.25, 0.3) is 0 Å². The average Bonchev–Trinajstić information content (AvgIpc) is 3.03. The molecule has 2 fully saturated rings. The number of likely N-dealkylation sites (tertiary alicyclic amines) is 1. The predicted molar refractivity (Wildman–Crippen MR) is 108 cm³/mol. The lowest BCUT2D eigenvalue weighted by Gasteiger charge is -2.24. The number of carbonyl (C=O) groups excluding carboxylic acids is 2. The first-order valence-corrected chi connectivity index (χ1v) is 11.0. The molecule has 0 aromatic heterocycles. The van der Waals surface area contributed by atoms with Crippen LogP contribution in [0.3, 0.4) is 0 Å². The summed E-state index contributed by atoms with van der Waals surface area (Å²) in [5.74, 6) is 1.38. The van der Waals surface area contributed by atoms with Crippen molar-refractivity contribution < 1.29 is 24.0 Å². The van der Waals surface area contributed by atoms with Crippen molar-refractivity contribution in [3.8, 4) is 11.5 Å². The van der Waals surface area contributed by atoms with Crippen molar-refractivity contribution in [3.05, 3.63) is 23.8 Å². The summed E-state index contributed by atoms with van der Waals surface area (Å²) >= 11 is 0. The van der Waals surface area contributed by atoms with E-state index in [1.54, 1.807) is 0 Å². The molecule has 7 heteroatoms. The Morgan fingerprint density at radius 3 is 2.59 bits per heavy atom. The number of fused-ring (bicyclic) bond motifs is 1. The van der Waals surface area contributed by atoms with Crippen LogP contribution in [-0.2, 0) is 4.79 Å². The van der Waals surface area contributed by atoms with Crippen molar-refractivity contribution in [1.29, 1.82) is 0 Å². The Hall–Kier alpha value is -2.28. The van der Waals surface area contributed by atoms with Gasteiger partial charge >= 0.3 is 6.03 Å². The number of amides is 3. The number of carbonyl (C=O) groups is 2. The predicted octanol–water partition coefficient (Wildman–Crippen LogP) is 1.73. The number of nitrogens with one attached hydrogen (secondary N) is 3. The van der Waals surface area contributed by atoms with E-state index in [9.17, 15) is 9.59 Å². The van der Waals surface area contributed by atoms with Gasteiger partial charge in [-0.05, 0) is 31.0 Å². The van der Waals surface area contributed by atoms with Gasteiger partial charge in [-0.3, -0.25) is 10.1 Å². The standard InChI is InChI=1S/C22H31N3O4/c26-21(24-22(27)23-17-6-2-1-3-7-17)15-25-11-4-8-18(25)16-9-10-19-20(14-16)29-13-5-12-28-19/h9-10,14,17-18H,1-8,11-13,15H2,(H2,23,24,26,27)/p+1/t18-/m1/s1. The molecule has 1 saturated heterocycles.